The predicted octanol–water partition coefficient (Wildman–Crippen LogP) is 4.86. The lowest BCUT2D eigenvalue weighted by Crippen LogP contribution is -2.31. The number of sulfonamides is 1. The molecule has 1 amide bonds. The molecule has 2 N–H and O–H groups in total. The quantitative estimate of drug-likeness (QED) is 0.359. The molecule has 2 aromatic carbocycles. The van der Waals surface area contributed by atoms with E-state index >= 15 is 0 Å². The molecule has 1 atom stereocenters. The third-order valence-electron chi connectivity index (χ3n) is 6.46. The van der Waals surface area contributed by atoms with Crippen molar-refractivity contribution in [2.45, 2.75) is 33.7 Å². The number of nitrogens with zero attached hydrogens (tertiary/aromatic N) is 1. The molecule has 0 aliphatic heterocycles. The highest BCUT2D eigenvalue weighted by molar-refractivity contribution is 7.89. The monoisotopic (exact) mass is 543 g/mol. The maximum Gasteiger partial charge on any atom is 0.269 e. The topological polar surface area (TPSA) is 110 Å². The summed E-state index contributed by atoms with van der Waals surface area (Å²) in [5.41, 5.74) is 2.57. The summed E-state index contributed by atoms with van der Waals surface area (Å²) in [6, 6.07) is 6.65. The predicted molar refractivity (Wildman–Crippen MR) is 142 cm³/mol. The largest absolute Gasteiger partial charge is 0.455 e. The number of fused-ring (bicyclic) bond motifs is 1. The summed E-state index contributed by atoms with van der Waals surface area (Å²) in [4.78, 5) is 26.0. The van der Waals surface area contributed by atoms with Crippen LogP contribution >= 0.6 is 0 Å². The van der Waals surface area contributed by atoms with Crippen LogP contribution in [0.15, 0.2) is 45.7 Å². The van der Waals surface area contributed by atoms with Gasteiger partial charge in [-0.25, -0.2) is 21.9 Å². The van der Waals surface area contributed by atoms with Gasteiger partial charge >= 0.3 is 0 Å². The third kappa shape index (κ3) is 4.93. The van der Waals surface area contributed by atoms with Gasteiger partial charge in [0.1, 0.15) is 16.9 Å². The zero-order valence-corrected chi connectivity index (χ0v) is 22.5. The molecule has 11 heteroatoms. The Kier molecular flexibility index (Phi) is 6.92. The number of anilines is 1. The van der Waals surface area contributed by atoms with Crippen molar-refractivity contribution in [1.82, 2.24) is 9.29 Å². The normalized spacial score (nSPS) is 12.5. The summed E-state index contributed by atoms with van der Waals surface area (Å²) < 4.78 is 61.8. The maximum atomic E-state index is 14.7. The fourth-order valence-corrected chi connectivity index (χ4v) is 4.86. The fourth-order valence-electron chi connectivity index (χ4n) is 4.42. The van der Waals surface area contributed by atoms with Crippen LogP contribution in [0.5, 0.6) is 0 Å². The Morgan fingerprint density at radius 3 is 2.39 bits per heavy atom. The van der Waals surface area contributed by atoms with E-state index in [1.165, 1.54) is 0 Å². The van der Waals surface area contributed by atoms with Gasteiger partial charge in [0.15, 0.2) is 17.1 Å². The van der Waals surface area contributed by atoms with Gasteiger partial charge in [0, 0.05) is 35.6 Å². The second kappa shape index (κ2) is 9.71. The molecule has 0 saturated heterocycles. The number of hydrogen-bond donors (Lipinski definition) is 2. The van der Waals surface area contributed by atoms with E-state index < -0.39 is 39.2 Å². The second-order valence-corrected chi connectivity index (χ2v) is 11.1. The molecule has 2 aromatic heterocycles. The molecule has 0 unspecified atom stereocenters. The van der Waals surface area contributed by atoms with Crippen molar-refractivity contribution in [3.8, 4) is 11.3 Å². The number of aryl methyl sites for hydroxylation is 2. The van der Waals surface area contributed by atoms with Crippen molar-refractivity contribution in [3.05, 3.63) is 86.3 Å². The molecule has 8 nitrogen and oxygen atoms in total. The van der Waals surface area contributed by atoms with Crippen LogP contribution in [0, 0.1) is 32.4 Å². The van der Waals surface area contributed by atoms with E-state index in [4.69, 9.17) is 4.42 Å². The van der Waals surface area contributed by atoms with E-state index in [0.717, 1.165) is 35.2 Å². The van der Waals surface area contributed by atoms with Crippen LogP contribution < -0.4 is 15.5 Å². The molecular weight excluding hydrogens is 516 g/mol. The van der Waals surface area contributed by atoms with Crippen LogP contribution in [0.3, 0.4) is 0 Å². The Morgan fingerprint density at radius 1 is 1.11 bits per heavy atom. The van der Waals surface area contributed by atoms with Gasteiger partial charge in [0.05, 0.1) is 23.4 Å². The van der Waals surface area contributed by atoms with Crippen LogP contribution in [-0.4, -0.2) is 25.1 Å². The number of benzene rings is 2. The van der Waals surface area contributed by atoms with Crippen molar-refractivity contribution in [2.75, 3.05) is 11.6 Å². The number of halogens is 2. The van der Waals surface area contributed by atoms with Crippen LogP contribution in [0.4, 0.5) is 14.5 Å². The summed E-state index contributed by atoms with van der Waals surface area (Å²) in [7, 11) is -2.16. The van der Waals surface area contributed by atoms with Crippen LogP contribution in [0.2, 0.25) is 0 Å². The highest BCUT2D eigenvalue weighted by atomic mass is 32.2. The number of carbonyl (C=O) groups excluding carboxylic acids is 1. The minimum atomic E-state index is -4.04. The Morgan fingerprint density at radius 2 is 1.79 bits per heavy atom. The zero-order valence-electron chi connectivity index (χ0n) is 21.7. The molecule has 200 valence electrons. The lowest BCUT2D eigenvalue weighted by atomic mass is 9.98. The summed E-state index contributed by atoms with van der Waals surface area (Å²) in [6.07, 6.45) is 2.59. The van der Waals surface area contributed by atoms with Gasteiger partial charge in [0.25, 0.3) is 5.91 Å². The number of aromatic nitrogens is 1. The van der Waals surface area contributed by atoms with E-state index in [9.17, 15) is 26.8 Å². The lowest BCUT2D eigenvalue weighted by Gasteiger charge is -2.21. The van der Waals surface area contributed by atoms with Gasteiger partial charge in [-0.15, -0.1) is 0 Å². The average Bonchev–Trinajstić information content (AvgIpc) is 3.15. The number of amides is 1. The number of nitrogens with one attached hydrogen (secondary N) is 2. The number of hydrogen-bond acceptors (Lipinski definition) is 6. The van der Waals surface area contributed by atoms with Gasteiger partial charge in [-0.2, -0.15) is 0 Å². The minimum Gasteiger partial charge on any atom is -0.455 e. The van der Waals surface area contributed by atoms with E-state index in [0.29, 0.717) is 27.9 Å². The van der Waals surface area contributed by atoms with Gasteiger partial charge < -0.3 is 14.3 Å². The first-order valence-electron chi connectivity index (χ1n) is 11.7. The molecule has 0 fully saturated rings. The average molecular weight is 544 g/mol. The van der Waals surface area contributed by atoms with Crippen molar-refractivity contribution in [3.63, 3.8) is 0 Å². The second-order valence-electron chi connectivity index (χ2n) is 9.40. The van der Waals surface area contributed by atoms with E-state index in [1.54, 1.807) is 30.7 Å². The standard InChI is InChI=1S/C27H27F2N3O5S/c1-13-11-18(15(3)30-21-8-7-20(28)23(29)22(21)27(34)31-38(6,35)36)26-19(12-13)24(33)14(2)25(37-26)17-9-10-32(5)16(17)4/h7-12,15,30H,1-6H3,(H,31,34)/t15-/m1/s1. The Bertz CT molecular complexity index is 1770. The highest BCUT2D eigenvalue weighted by Crippen LogP contribution is 2.34. The first-order chi connectivity index (χ1) is 17.7. The minimum absolute atomic E-state index is 0.138. The van der Waals surface area contributed by atoms with Gasteiger partial charge in [-0.1, -0.05) is 6.07 Å². The van der Waals surface area contributed by atoms with Gasteiger partial charge in [-0.3, -0.25) is 9.59 Å². The van der Waals surface area contributed by atoms with Crippen molar-refractivity contribution >= 4 is 32.6 Å². The van der Waals surface area contributed by atoms with Crippen molar-refractivity contribution < 1.29 is 26.4 Å². The highest BCUT2D eigenvalue weighted by Gasteiger charge is 2.25. The molecule has 0 aliphatic rings. The van der Waals surface area contributed by atoms with E-state index in [2.05, 4.69) is 5.32 Å². The Hall–Kier alpha value is -3.99. The van der Waals surface area contributed by atoms with Crippen LogP contribution in [0.25, 0.3) is 22.3 Å². The van der Waals surface area contributed by atoms with Crippen molar-refractivity contribution in [2.24, 2.45) is 7.05 Å². The molecule has 0 radical (unpaired) electrons. The summed E-state index contributed by atoms with van der Waals surface area (Å²) in [5.74, 6) is -3.72. The first-order valence-corrected chi connectivity index (χ1v) is 13.6. The van der Waals surface area contributed by atoms with E-state index in [-0.39, 0.29) is 11.1 Å². The molecule has 0 saturated carbocycles. The zero-order chi connectivity index (χ0) is 28.1. The van der Waals surface area contributed by atoms with E-state index in [1.807, 2.05) is 37.7 Å². The molecule has 0 aliphatic carbocycles. The molecule has 38 heavy (non-hydrogen) atoms. The van der Waals surface area contributed by atoms with Crippen LogP contribution in [-0.2, 0) is 17.1 Å². The summed E-state index contributed by atoms with van der Waals surface area (Å²) in [6.45, 7) is 7.11. The maximum absolute atomic E-state index is 14.7. The molecular formula is C27H27F2N3O5S. The smallest absolute Gasteiger partial charge is 0.269 e. The van der Waals surface area contributed by atoms with Gasteiger partial charge in [0.2, 0.25) is 10.0 Å². The molecule has 0 bridgehead atoms. The van der Waals surface area contributed by atoms with Gasteiger partial charge in [-0.05, 0) is 57.5 Å². The molecule has 2 heterocycles. The third-order valence-corrected chi connectivity index (χ3v) is 7.01. The summed E-state index contributed by atoms with van der Waals surface area (Å²) >= 11 is 0. The van der Waals surface area contributed by atoms with Crippen molar-refractivity contribution in [1.29, 1.82) is 0 Å². The van der Waals surface area contributed by atoms with Crippen LogP contribution in [0.1, 0.15) is 45.7 Å². The number of carbonyl (C=O) groups is 1. The first kappa shape index (κ1) is 27.1. The number of rotatable bonds is 6. The molecule has 4 aromatic rings. The Balaban J connectivity index is 1.88. The SMILES string of the molecule is Cc1cc([C@@H](C)Nc2ccc(F)c(F)c2C(=O)NS(C)(=O)=O)c2oc(-c3ccn(C)c3C)c(C)c(=O)c2c1. The molecule has 0 spiro atoms. The lowest BCUT2D eigenvalue weighted by molar-refractivity contribution is 0.0977. The summed E-state index contributed by atoms with van der Waals surface area (Å²) in [5, 5.41) is 3.31. The fraction of sp³-hybridized carbons (Fsp3) is 0.259. The Labute approximate surface area is 218 Å². The molecule has 4 rings (SSSR count).